The second kappa shape index (κ2) is 7.36. The minimum atomic E-state index is 0.366. The molecule has 1 aliphatic rings. The topological polar surface area (TPSA) is 43.2 Å². The second-order valence-corrected chi connectivity index (χ2v) is 6.54. The molecule has 3 rings (SSSR count). The lowest BCUT2D eigenvalue weighted by molar-refractivity contribution is 0.234. The zero-order valence-corrected chi connectivity index (χ0v) is 14.8. The summed E-state index contributed by atoms with van der Waals surface area (Å²) in [4.78, 5) is 2.52. The molecule has 0 amide bonds. The number of ether oxygens (including phenoxy) is 1. The number of thioether (sulfide) groups is 1. The molecule has 1 fully saturated rings. The molecule has 1 aromatic heterocycles. The summed E-state index contributed by atoms with van der Waals surface area (Å²) in [7, 11) is 1.70. The Morgan fingerprint density at radius 1 is 1.26 bits per heavy atom. The molecule has 23 heavy (non-hydrogen) atoms. The largest absolute Gasteiger partial charge is 0.497 e. The van der Waals surface area contributed by atoms with E-state index in [0.29, 0.717) is 6.04 Å². The van der Waals surface area contributed by atoms with Crippen LogP contribution in [0.3, 0.4) is 0 Å². The van der Waals surface area contributed by atoms with E-state index in [0.717, 1.165) is 42.8 Å². The van der Waals surface area contributed by atoms with Gasteiger partial charge in [-0.1, -0.05) is 23.9 Å². The number of benzene rings is 1. The summed E-state index contributed by atoms with van der Waals surface area (Å²) in [5, 5.41) is 9.85. The average Bonchev–Trinajstić information content (AvgIpc) is 3.20. The van der Waals surface area contributed by atoms with Crippen LogP contribution in [0.15, 0.2) is 29.4 Å². The summed E-state index contributed by atoms with van der Waals surface area (Å²) in [5.74, 6) is 2.02. The lowest BCUT2D eigenvalue weighted by Gasteiger charge is -2.24. The second-order valence-electron chi connectivity index (χ2n) is 5.77. The minimum absolute atomic E-state index is 0.366. The SMILES string of the molecule is CCn1c(SC)nnc1[C@@H]1CCCN1Cc1ccc(OC)cc1. The molecule has 0 radical (unpaired) electrons. The van der Waals surface area contributed by atoms with E-state index >= 15 is 0 Å². The maximum absolute atomic E-state index is 5.24. The fourth-order valence-electron chi connectivity index (χ4n) is 3.27. The first-order valence-corrected chi connectivity index (χ1v) is 9.33. The third kappa shape index (κ3) is 3.38. The molecule has 5 nitrogen and oxygen atoms in total. The van der Waals surface area contributed by atoms with E-state index < -0.39 is 0 Å². The van der Waals surface area contributed by atoms with E-state index in [1.807, 2.05) is 12.1 Å². The molecule has 0 aliphatic carbocycles. The highest BCUT2D eigenvalue weighted by Crippen LogP contribution is 2.33. The fraction of sp³-hybridized carbons (Fsp3) is 0.529. The Hall–Kier alpha value is -1.53. The molecule has 6 heteroatoms. The van der Waals surface area contributed by atoms with Crippen LogP contribution in [0.4, 0.5) is 0 Å². The van der Waals surface area contributed by atoms with Crippen LogP contribution in [0.5, 0.6) is 5.75 Å². The molecule has 1 aromatic carbocycles. The molecular weight excluding hydrogens is 308 g/mol. The lowest BCUT2D eigenvalue weighted by Crippen LogP contribution is -2.25. The number of likely N-dealkylation sites (tertiary alicyclic amines) is 1. The Labute approximate surface area is 142 Å². The Balaban J connectivity index is 1.78. The zero-order valence-electron chi connectivity index (χ0n) is 14.0. The Morgan fingerprint density at radius 3 is 2.70 bits per heavy atom. The van der Waals surface area contributed by atoms with Crippen molar-refractivity contribution in [2.75, 3.05) is 19.9 Å². The van der Waals surface area contributed by atoms with Gasteiger partial charge in [-0.05, 0) is 50.3 Å². The van der Waals surface area contributed by atoms with Gasteiger partial charge in [-0.15, -0.1) is 10.2 Å². The van der Waals surface area contributed by atoms with Gasteiger partial charge in [-0.25, -0.2) is 0 Å². The van der Waals surface area contributed by atoms with Crippen molar-refractivity contribution in [3.63, 3.8) is 0 Å². The first-order valence-electron chi connectivity index (χ1n) is 8.11. The molecule has 2 heterocycles. The maximum Gasteiger partial charge on any atom is 0.190 e. The van der Waals surface area contributed by atoms with Gasteiger partial charge in [0.05, 0.1) is 13.2 Å². The highest BCUT2D eigenvalue weighted by atomic mass is 32.2. The predicted octanol–water partition coefficient (Wildman–Crippen LogP) is 3.37. The Bertz CT molecular complexity index is 641. The van der Waals surface area contributed by atoms with E-state index in [-0.39, 0.29) is 0 Å². The van der Waals surface area contributed by atoms with Crippen LogP contribution >= 0.6 is 11.8 Å². The zero-order chi connectivity index (χ0) is 16.2. The van der Waals surface area contributed by atoms with E-state index in [1.54, 1.807) is 18.9 Å². The Morgan fingerprint density at radius 2 is 2.04 bits per heavy atom. The van der Waals surface area contributed by atoms with Crippen molar-refractivity contribution in [3.8, 4) is 5.75 Å². The number of hydrogen-bond acceptors (Lipinski definition) is 5. The van der Waals surface area contributed by atoms with Gasteiger partial charge < -0.3 is 9.30 Å². The molecule has 0 bridgehead atoms. The highest BCUT2D eigenvalue weighted by Gasteiger charge is 2.30. The van der Waals surface area contributed by atoms with E-state index in [9.17, 15) is 0 Å². The van der Waals surface area contributed by atoms with E-state index in [4.69, 9.17) is 4.74 Å². The number of nitrogens with zero attached hydrogens (tertiary/aromatic N) is 4. The number of aromatic nitrogens is 3. The van der Waals surface area contributed by atoms with Gasteiger partial charge in [0.2, 0.25) is 0 Å². The quantitative estimate of drug-likeness (QED) is 0.759. The van der Waals surface area contributed by atoms with Crippen LogP contribution in [0.25, 0.3) is 0 Å². The van der Waals surface area contributed by atoms with Crippen LogP contribution in [-0.4, -0.2) is 39.6 Å². The van der Waals surface area contributed by atoms with Gasteiger partial charge in [-0.2, -0.15) is 0 Å². The van der Waals surface area contributed by atoms with Crippen LogP contribution < -0.4 is 4.74 Å². The molecular formula is C17H24N4OS. The first kappa shape index (κ1) is 16.3. The first-order chi connectivity index (χ1) is 11.3. The molecule has 0 unspecified atom stereocenters. The third-order valence-electron chi connectivity index (χ3n) is 4.45. The molecule has 1 saturated heterocycles. The molecule has 124 valence electrons. The highest BCUT2D eigenvalue weighted by molar-refractivity contribution is 7.98. The normalized spacial score (nSPS) is 18.5. The average molecular weight is 332 g/mol. The minimum Gasteiger partial charge on any atom is -0.497 e. The van der Waals surface area contributed by atoms with Gasteiger partial charge >= 0.3 is 0 Å². The van der Waals surface area contributed by atoms with Crippen molar-refractivity contribution in [1.82, 2.24) is 19.7 Å². The van der Waals surface area contributed by atoms with Crippen molar-refractivity contribution in [2.45, 2.75) is 44.1 Å². The molecule has 1 aliphatic heterocycles. The molecule has 2 aromatic rings. The summed E-state index contributed by atoms with van der Waals surface area (Å²) in [6, 6.07) is 8.71. The van der Waals surface area contributed by atoms with Crippen molar-refractivity contribution in [2.24, 2.45) is 0 Å². The van der Waals surface area contributed by atoms with Crippen molar-refractivity contribution >= 4 is 11.8 Å². The van der Waals surface area contributed by atoms with Crippen LogP contribution in [-0.2, 0) is 13.1 Å². The van der Waals surface area contributed by atoms with E-state index in [2.05, 4.69) is 45.0 Å². The maximum atomic E-state index is 5.24. The monoisotopic (exact) mass is 332 g/mol. The summed E-state index contributed by atoms with van der Waals surface area (Å²) in [5.41, 5.74) is 1.31. The van der Waals surface area contributed by atoms with Gasteiger partial charge in [0.1, 0.15) is 5.75 Å². The smallest absolute Gasteiger partial charge is 0.190 e. The standard InChI is InChI=1S/C17H24N4OS/c1-4-21-16(18-19-17(21)23-3)15-6-5-11-20(15)12-13-7-9-14(22-2)10-8-13/h7-10,15H,4-6,11-12H2,1-3H3/t15-/m0/s1. The molecule has 0 spiro atoms. The van der Waals surface area contributed by atoms with Gasteiger partial charge in [0.15, 0.2) is 11.0 Å². The van der Waals surface area contributed by atoms with Crippen LogP contribution in [0.2, 0.25) is 0 Å². The third-order valence-corrected chi connectivity index (χ3v) is 5.12. The fourth-order valence-corrected chi connectivity index (χ4v) is 3.83. The molecule has 0 saturated carbocycles. The van der Waals surface area contributed by atoms with Gasteiger partial charge in [-0.3, -0.25) is 4.90 Å². The lowest BCUT2D eigenvalue weighted by atomic mass is 10.1. The number of methoxy groups -OCH3 is 1. The summed E-state index contributed by atoms with van der Waals surface area (Å²) in [6.45, 7) is 5.14. The summed E-state index contributed by atoms with van der Waals surface area (Å²) < 4.78 is 7.49. The van der Waals surface area contributed by atoms with Crippen molar-refractivity contribution < 1.29 is 4.74 Å². The van der Waals surface area contributed by atoms with Crippen LogP contribution in [0.1, 0.15) is 37.2 Å². The van der Waals surface area contributed by atoms with Crippen molar-refractivity contribution in [3.05, 3.63) is 35.7 Å². The van der Waals surface area contributed by atoms with E-state index in [1.165, 1.54) is 12.0 Å². The molecule has 0 N–H and O–H groups in total. The Kier molecular flexibility index (Phi) is 5.23. The summed E-state index contributed by atoms with van der Waals surface area (Å²) in [6.07, 6.45) is 4.43. The van der Waals surface area contributed by atoms with Gasteiger partial charge in [0.25, 0.3) is 0 Å². The number of rotatable bonds is 6. The van der Waals surface area contributed by atoms with Crippen molar-refractivity contribution in [1.29, 1.82) is 0 Å². The van der Waals surface area contributed by atoms with Crippen LogP contribution in [0, 0.1) is 0 Å². The predicted molar refractivity (Wildman–Crippen MR) is 92.9 cm³/mol. The summed E-state index contributed by atoms with van der Waals surface area (Å²) >= 11 is 1.67. The number of hydrogen-bond donors (Lipinski definition) is 0. The molecule has 1 atom stereocenters. The van der Waals surface area contributed by atoms with Gasteiger partial charge in [0, 0.05) is 13.1 Å².